The van der Waals surface area contributed by atoms with Crippen LogP contribution in [0.3, 0.4) is 0 Å². The van der Waals surface area contributed by atoms with Gasteiger partial charge in [0.05, 0.1) is 0 Å². The molecule has 1 heterocycles. The average Bonchev–Trinajstić information content (AvgIpc) is 2.75. The maximum absolute atomic E-state index is 12.3. The number of amides is 1. The zero-order valence-corrected chi connectivity index (χ0v) is 16.0. The summed E-state index contributed by atoms with van der Waals surface area (Å²) in [5.41, 5.74) is 0.730. The van der Waals surface area contributed by atoms with Crippen LogP contribution >= 0.6 is 0 Å². The van der Waals surface area contributed by atoms with Gasteiger partial charge in [-0.3, -0.25) is 9.69 Å². The fourth-order valence-electron chi connectivity index (χ4n) is 3.71. The Labute approximate surface area is 166 Å². The summed E-state index contributed by atoms with van der Waals surface area (Å²) in [7, 11) is 0. The van der Waals surface area contributed by atoms with Gasteiger partial charge in [0.2, 0.25) is 0 Å². The number of piperidine rings is 1. The summed E-state index contributed by atoms with van der Waals surface area (Å²) in [6.45, 7) is 3.56. The third-order valence-electron chi connectivity index (χ3n) is 5.36. The van der Waals surface area contributed by atoms with Crippen molar-refractivity contribution in [3.05, 3.63) is 78.4 Å². The Bertz CT molecular complexity index is 918. The zero-order chi connectivity index (χ0) is 19.2. The Morgan fingerprint density at radius 2 is 1.64 bits per heavy atom. The third kappa shape index (κ3) is 4.70. The SMILES string of the molecule is O=C(NC1CCN(CCOc2ccc3ccccc3c2)CC1)c1ccccc1. The fourth-order valence-corrected chi connectivity index (χ4v) is 3.71. The monoisotopic (exact) mass is 374 g/mol. The Morgan fingerprint density at radius 3 is 2.43 bits per heavy atom. The molecule has 1 aliphatic heterocycles. The van der Waals surface area contributed by atoms with Gasteiger partial charge in [0.15, 0.2) is 0 Å². The van der Waals surface area contributed by atoms with Crippen molar-refractivity contribution >= 4 is 16.7 Å². The minimum atomic E-state index is 0.0266. The van der Waals surface area contributed by atoms with Crippen LogP contribution in [0, 0.1) is 0 Å². The summed E-state index contributed by atoms with van der Waals surface area (Å²) < 4.78 is 5.95. The largest absolute Gasteiger partial charge is 0.492 e. The predicted molar refractivity (Wildman–Crippen MR) is 113 cm³/mol. The Hall–Kier alpha value is -2.85. The first-order valence-electron chi connectivity index (χ1n) is 9.98. The van der Waals surface area contributed by atoms with Crippen LogP contribution < -0.4 is 10.1 Å². The molecular formula is C24H26N2O2. The molecule has 1 saturated heterocycles. The van der Waals surface area contributed by atoms with E-state index in [0.29, 0.717) is 6.61 Å². The number of nitrogens with zero attached hydrogens (tertiary/aromatic N) is 1. The first-order valence-corrected chi connectivity index (χ1v) is 9.98. The van der Waals surface area contributed by atoms with Gasteiger partial charge in [-0.1, -0.05) is 48.5 Å². The van der Waals surface area contributed by atoms with Crippen molar-refractivity contribution in [2.45, 2.75) is 18.9 Å². The van der Waals surface area contributed by atoms with Crippen molar-refractivity contribution in [1.82, 2.24) is 10.2 Å². The molecule has 1 N–H and O–H groups in total. The van der Waals surface area contributed by atoms with Gasteiger partial charge in [0.25, 0.3) is 5.91 Å². The normalized spacial score (nSPS) is 15.4. The first-order chi connectivity index (χ1) is 13.8. The third-order valence-corrected chi connectivity index (χ3v) is 5.36. The highest BCUT2D eigenvalue weighted by molar-refractivity contribution is 5.94. The van der Waals surface area contributed by atoms with E-state index in [2.05, 4.69) is 40.5 Å². The summed E-state index contributed by atoms with van der Waals surface area (Å²) >= 11 is 0. The van der Waals surface area contributed by atoms with E-state index >= 15 is 0 Å². The van der Waals surface area contributed by atoms with E-state index in [1.165, 1.54) is 10.8 Å². The van der Waals surface area contributed by atoms with Gasteiger partial charge in [-0.25, -0.2) is 0 Å². The van der Waals surface area contributed by atoms with Crippen LogP contribution in [0.2, 0.25) is 0 Å². The molecule has 1 aliphatic rings. The highest BCUT2D eigenvalue weighted by Crippen LogP contribution is 2.20. The smallest absolute Gasteiger partial charge is 0.251 e. The van der Waals surface area contributed by atoms with Crippen LogP contribution in [0.25, 0.3) is 10.8 Å². The van der Waals surface area contributed by atoms with E-state index in [1.54, 1.807) is 0 Å². The standard InChI is InChI=1S/C24H26N2O2/c27-24(20-7-2-1-3-8-20)25-22-12-14-26(15-13-22)16-17-28-23-11-10-19-6-4-5-9-21(19)18-23/h1-11,18,22H,12-17H2,(H,25,27). The quantitative estimate of drug-likeness (QED) is 0.706. The molecule has 0 bridgehead atoms. The molecule has 0 atom stereocenters. The Morgan fingerprint density at radius 1 is 0.929 bits per heavy atom. The predicted octanol–water partition coefficient (Wildman–Crippen LogP) is 4.11. The van der Waals surface area contributed by atoms with Crippen molar-refractivity contribution in [1.29, 1.82) is 0 Å². The van der Waals surface area contributed by atoms with Crippen molar-refractivity contribution in [2.75, 3.05) is 26.2 Å². The molecule has 0 saturated carbocycles. The number of carbonyl (C=O) groups is 1. The minimum absolute atomic E-state index is 0.0266. The van der Waals surface area contributed by atoms with Crippen molar-refractivity contribution < 1.29 is 9.53 Å². The lowest BCUT2D eigenvalue weighted by Gasteiger charge is -2.32. The molecule has 4 rings (SSSR count). The van der Waals surface area contributed by atoms with Crippen LogP contribution in [0.4, 0.5) is 0 Å². The van der Waals surface area contributed by atoms with Crippen LogP contribution in [-0.2, 0) is 0 Å². The summed E-state index contributed by atoms with van der Waals surface area (Å²) in [6, 6.07) is 24.2. The summed E-state index contributed by atoms with van der Waals surface area (Å²) in [4.78, 5) is 14.7. The van der Waals surface area contributed by atoms with Gasteiger partial charge in [0.1, 0.15) is 12.4 Å². The average molecular weight is 374 g/mol. The number of benzene rings is 3. The molecular weight excluding hydrogens is 348 g/mol. The number of carbonyl (C=O) groups excluding carboxylic acids is 1. The topological polar surface area (TPSA) is 41.6 Å². The van der Waals surface area contributed by atoms with Crippen molar-refractivity contribution in [3.8, 4) is 5.75 Å². The second-order valence-corrected chi connectivity index (χ2v) is 7.31. The molecule has 3 aromatic rings. The molecule has 144 valence electrons. The number of ether oxygens (including phenoxy) is 1. The minimum Gasteiger partial charge on any atom is -0.492 e. The van der Waals surface area contributed by atoms with Crippen LogP contribution in [0.1, 0.15) is 23.2 Å². The second-order valence-electron chi connectivity index (χ2n) is 7.31. The van der Waals surface area contributed by atoms with E-state index in [9.17, 15) is 4.79 Å². The molecule has 0 aliphatic carbocycles. The van der Waals surface area contributed by atoms with E-state index in [4.69, 9.17) is 4.74 Å². The zero-order valence-electron chi connectivity index (χ0n) is 16.0. The highest BCUT2D eigenvalue weighted by Gasteiger charge is 2.20. The van der Waals surface area contributed by atoms with E-state index in [0.717, 1.165) is 43.8 Å². The molecule has 0 radical (unpaired) electrons. The molecule has 1 amide bonds. The van der Waals surface area contributed by atoms with E-state index in [-0.39, 0.29) is 11.9 Å². The molecule has 0 unspecified atom stereocenters. The number of likely N-dealkylation sites (tertiary alicyclic amines) is 1. The molecule has 1 fully saturated rings. The Kier molecular flexibility index (Phi) is 5.88. The molecule has 3 aromatic carbocycles. The van der Waals surface area contributed by atoms with Crippen LogP contribution in [0.5, 0.6) is 5.75 Å². The first kappa shape index (κ1) is 18.5. The number of nitrogens with one attached hydrogen (secondary N) is 1. The highest BCUT2D eigenvalue weighted by atomic mass is 16.5. The van der Waals surface area contributed by atoms with Crippen molar-refractivity contribution in [2.24, 2.45) is 0 Å². The van der Waals surface area contributed by atoms with Gasteiger partial charge in [-0.2, -0.15) is 0 Å². The molecule has 0 spiro atoms. The maximum Gasteiger partial charge on any atom is 0.251 e. The maximum atomic E-state index is 12.3. The lowest BCUT2D eigenvalue weighted by molar-refractivity contribution is 0.0905. The number of hydrogen-bond acceptors (Lipinski definition) is 3. The molecule has 4 nitrogen and oxygen atoms in total. The summed E-state index contributed by atoms with van der Waals surface area (Å²) in [6.07, 6.45) is 1.96. The van der Waals surface area contributed by atoms with Gasteiger partial charge in [-0.05, 0) is 47.9 Å². The van der Waals surface area contributed by atoms with Crippen LogP contribution in [-0.4, -0.2) is 43.1 Å². The second kappa shape index (κ2) is 8.89. The van der Waals surface area contributed by atoms with Gasteiger partial charge >= 0.3 is 0 Å². The van der Waals surface area contributed by atoms with Gasteiger partial charge in [-0.15, -0.1) is 0 Å². The van der Waals surface area contributed by atoms with Gasteiger partial charge in [0, 0.05) is 31.2 Å². The summed E-state index contributed by atoms with van der Waals surface area (Å²) in [5, 5.41) is 5.59. The van der Waals surface area contributed by atoms with Gasteiger partial charge < -0.3 is 10.1 Å². The number of hydrogen-bond donors (Lipinski definition) is 1. The fraction of sp³-hybridized carbons (Fsp3) is 0.292. The van der Waals surface area contributed by atoms with E-state index in [1.807, 2.05) is 42.5 Å². The number of rotatable bonds is 6. The summed E-state index contributed by atoms with van der Waals surface area (Å²) in [5.74, 6) is 0.947. The van der Waals surface area contributed by atoms with Crippen molar-refractivity contribution in [3.63, 3.8) is 0 Å². The molecule has 0 aromatic heterocycles. The lowest BCUT2D eigenvalue weighted by Crippen LogP contribution is -2.45. The van der Waals surface area contributed by atoms with E-state index < -0.39 is 0 Å². The molecule has 28 heavy (non-hydrogen) atoms. The molecule has 4 heteroatoms. The van der Waals surface area contributed by atoms with Crippen LogP contribution in [0.15, 0.2) is 72.8 Å². The Balaban J connectivity index is 1.19. The lowest BCUT2D eigenvalue weighted by atomic mass is 10.0. The number of fused-ring (bicyclic) bond motifs is 1.